The highest BCUT2D eigenvalue weighted by atomic mass is 19.3. The number of halogens is 4. The van der Waals surface area contributed by atoms with E-state index in [1.165, 1.54) is 13.8 Å². The van der Waals surface area contributed by atoms with E-state index >= 15 is 0 Å². The third-order valence-electron chi connectivity index (χ3n) is 4.25. The molecule has 0 aliphatic carbocycles. The lowest BCUT2D eigenvalue weighted by atomic mass is 9.65. The number of rotatable bonds is 6. The van der Waals surface area contributed by atoms with Crippen LogP contribution in [0.2, 0.25) is 0 Å². The van der Waals surface area contributed by atoms with Gasteiger partial charge in [0.05, 0.1) is 5.41 Å². The Morgan fingerprint density at radius 2 is 1.25 bits per heavy atom. The highest BCUT2D eigenvalue weighted by Crippen LogP contribution is 2.56. The van der Waals surface area contributed by atoms with Gasteiger partial charge in [-0.05, 0) is 26.2 Å². The summed E-state index contributed by atoms with van der Waals surface area (Å²) in [4.78, 5) is 0. The van der Waals surface area contributed by atoms with E-state index in [9.17, 15) is 17.6 Å². The summed E-state index contributed by atoms with van der Waals surface area (Å²) >= 11 is 0. The van der Waals surface area contributed by atoms with Crippen LogP contribution >= 0.6 is 0 Å². The van der Waals surface area contributed by atoms with Crippen LogP contribution in [0.1, 0.15) is 53.9 Å². The van der Waals surface area contributed by atoms with Gasteiger partial charge >= 0.3 is 0 Å². The average Bonchev–Trinajstić information content (AvgIpc) is 2.25. The predicted octanol–water partition coefficient (Wildman–Crippen LogP) is 5.13. The molecule has 0 amide bonds. The van der Waals surface area contributed by atoms with Crippen molar-refractivity contribution in [3.8, 4) is 0 Å². The SMILES string of the molecule is CCC(C)(CC)C(F)(F)C(C)(CC)C(F)F. The largest absolute Gasteiger partial charge is 0.264 e. The lowest BCUT2D eigenvalue weighted by Gasteiger charge is -2.46. The van der Waals surface area contributed by atoms with Crippen molar-refractivity contribution in [1.29, 1.82) is 0 Å². The van der Waals surface area contributed by atoms with Crippen LogP contribution in [-0.2, 0) is 0 Å². The Labute approximate surface area is 95.4 Å². The fourth-order valence-corrected chi connectivity index (χ4v) is 1.90. The van der Waals surface area contributed by atoms with Crippen molar-refractivity contribution in [3.63, 3.8) is 0 Å². The minimum Gasteiger partial charge on any atom is -0.210 e. The summed E-state index contributed by atoms with van der Waals surface area (Å²) in [6.07, 6.45) is -2.85. The maximum absolute atomic E-state index is 14.3. The van der Waals surface area contributed by atoms with Gasteiger partial charge in [0, 0.05) is 5.41 Å². The molecule has 0 aliphatic heterocycles. The van der Waals surface area contributed by atoms with Gasteiger partial charge in [-0.3, -0.25) is 0 Å². The monoisotopic (exact) mass is 242 g/mol. The van der Waals surface area contributed by atoms with Gasteiger partial charge < -0.3 is 0 Å². The summed E-state index contributed by atoms with van der Waals surface area (Å²) < 4.78 is 54.4. The molecule has 0 heterocycles. The molecule has 1 atom stereocenters. The van der Waals surface area contributed by atoms with E-state index in [-0.39, 0.29) is 19.3 Å². The van der Waals surface area contributed by atoms with E-state index in [0.717, 1.165) is 6.92 Å². The predicted molar refractivity (Wildman–Crippen MR) is 58.0 cm³/mol. The second kappa shape index (κ2) is 4.92. The van der Waals surface area contributed by atoms with E-state index in [4.69, 9.17) is 0 Å². The van der Waals surface area contributed by atoms with Crippen LogP contribution in [0.4, 0.5) is 17.6 Å². The molecule has 0 nitrogen and oxygen atoms in total. The van der Waals surface area contributed by atoms with Gasteiger partial charge in [0.1, 0.15) is 0 Å². The first-order valence-corrected chi connectivity index (χ1v) is 5.79. The summed E-state index contributed by atoms with van der Waals surface area (Å²) in [7, 11) is 0. The number of hydrogen-bond donors (Lipinski definition) is 0. The molecule has 0 saturated carbocycles. The van der Waals surface area contributed by atoms with Crippen LogP contribution in [0.25, 0.3) is 0 Å². The maximum atomic E-state index is 14.3. The van der Waals surface area contributed by atoms with Gasteiger partial charge in [0.25, 0.3) is 5.92 Å². The van der Waals surface area contributed by atoms with Gasteiger partial charge in [0.15, 0.2) is 0 Å². The minimum absolute atomic E-state index is 0.193. The molecular formula is C12H22F4. The van der Waals surface area contributed by atoms with Crippen LogP contribution in [-0.4, -0.2) is 12.3 Å². The lowest BCUT2D eigenvalue weighted by molar-refractivity contribution is -0.242. The van der Waals surface area contributed by atoms with E-state index < -0.39 is 23.2 Å². The van der Waals surface area contributed by atoms with Crippen molar-refractivity contribution in [1.82, 2.24) is 0 Å². The molecule has 0 spiro atoms. The Hall–Kier alpha value is -0.280. The summed E-state index contributed by atoms with van der Waals surface area (Å²) in [5.74, 6) is -3.37. The van der Waals surface area contributed by atoms with Gasteiger partial charge in [-0.25, -0.2) is 17.6 Å². The molecule has 0 aliphatic rings. The molecule has 0 bridgehead atoms. The first kappa shape index (κ1) is 15.7. The first-order chi connectivity index (χ1) is 7.13. The molecule has 0 N–H and O–H groups in total. The molecule has 0 saturated heterocycles. The zero-order chi connectivity index (χ0) is 13.2. The Morgan fingerprint density at radius 1 is 0.875 bits per heavy atom. The molecule has 0 aromatic carbocycles. The molecule has 0 aromatic rings. The Morgan fingerprint density at radius 3 is 1.44 bits per heavy atom. The standard InChI is InChI=1S/C12H22F4/c1-6-10(4,7-2)12(15,16)11(5,8-3)9(13)14/h9H,6-8H2,1-5H3. The van der Waals surface area contributed by atoms with E-state index in [0.29, 0.717) is 0 Å². The van der Waals surface area contributed by atoms with Crippen molar-refractivity contribution in [2.45, 2.75) is 66.2 Å². The third kappa shape index (κ3) is 2.07. The van der Waals surface area contributed by atoms with Gasteiger partial charge in [-0.2, -0.15) is 0 Å². The average molecular weight is 242 g/mol. The quantitative estimate of drug-likeness (QED) is 0.566. The Balaban J connectivity index is 5.46. The van der Waals surface area contributed by atoms with Gasteiger partial charge in [0.2, 0.25) is 6.43 Å². The highest BCUT2D eigenvalue weighted by Gasteiger charge is 2.63. The topological polar surface area (TPSA) is 0 Å². The second-order valence-electron chi connectivity index (χ2n) is 4.91. The Kier molecular flexibility index (Phi) is 4.84. The number of hydrogen-bond acceptors (Lipinski definition) is 0. The van der Waals surface area contributed by atoms with Crippen molar-refractivity contribution in [2.75, 3.05) is 0 Å². The Bertz CT molecular complexity index is 221. The summed E-state index contributed by atoms with van der Waals surface area (Å²) in [5.41, 5.74) is -3.61. The normalized spacial score (nSPS) is 17.6. The summed E-state index contributed by atoms with van der Waals surface area (Å²) in [5, 5.41) is 0. The highest BCUT2D eigenvalue weighted by molar-refractivity contribution is 5.00. The van der Waals surface area contributed by atoms with Gasteiger partial charge in [-0.1, -0.05) is 27.7 Å². The zero-order valence-electron chi connectivity index (χ0n) is 10.7. The molecule has 98 valence electrons. The lowest BCUT2D eigenvalue weighted by Crippen LogP contribution is -2.54. The third-order valence-corrected chi connectivity index (χ3v) is 4.25. The van der Waals surface area contributed by atoms with Crippen molar-refractivity contribution in [2.24, 2.45) is 10.8 Å². The van der Waals surface area contributed by atoms with Crippen molar-refractivity contribution >= 4 is 0 Å². The van der Waals surface area contributed by atoms with Crippen molar-refractivity contribution in [3.05, 3.63) is 0 Å². The molecule has 0 rings (SSSR count). The maximum Gasteiger partial charge on any atom is 0.264 e. The molecule has 1 unspecified atom stereocenters. The van der Waals surface area contributed by atoms with Crippen LogP contribution < -0.4 is 0 Å². The van der Waals surface area contributed by atoms with Crippen LogP contribution in [0, 0.1) is 10.8 Å². The zero-order valence-corrected chi connectivity index (χ0v) is 10.7. The molecule has 0 fully saturated rings. The molecule has 0 radical (unpaired) electrons. The summed E-state index contributed by atoms with van der Waals surface area (Å²) in [6, 6.07) is 0. The number of alkyl halides is 4. The smallest absolute Gasteiger partial charge is 0.210 e. The van der Waals surface area contributed by atoms with E-state index in [1.807, 2.05) is 0 Å². The van der Waals surface area contributed by atoms with E-state index in [2.05, 4.69) is 0 Å². The molecular weight excluding hydrogens is 220 g/mol. The molecule has 16 heavy (non-hydrogen) atoms. The van der Waals surface area contributed by atoms with Crippen LogP contribution in [0.3, 0.4) is 0 Å². The van der Waals surface area contributed by atoms with Crippen molar-refractivity contribution < 1.29 is 17.6 Å². The summed E-state index contributed by atoms with van der Waals surface area (Å²) in [6.45, 7) is 7.02. The van der Waals surface area contributed by atoms with Crippen LogP contribution in [0.5, 0.6) is 0 Å². The fraction of sp³-hybridized carbons (Fsp3) is 1.00. The molecule has 4 heteroatoms. The van der Waals surface area contributed by atoms with Crippen LogP contribution in [0.15, 0.2) is 0 Å². The second-order valence-corrected chi connectivity index (χ2v) is 4.91. The first-order valence-electron chi connectivity index (χ1n) is 5.79. The fourth-order valence-electron chi connectivity index (χ4n) is 1.90. The molecule has 0 aromatic heterocycles. The minimum atomic E-state index is -3.37. The van der Waals surface area contributed by atoms with E-state index in [1.54, 1.807) is 13.8 Å². The van der Waals surface area contributed by atoms with Gasteiger partial charge in [-0.15, -0.1) is 0 Å².